The minimum Gasteiger partial charge on any atom is -0.352 e. The normalized spacial score (nSPS) is 24.2. The summed E-state index contributed by atoms with van der Waals surface area (Å²) in [5, 5.41) is 11.3. The molecule has 2 fully saturated rings. The summed E-state index contributed by atoms with van der Waals surface area (Å²) in [6.45, 7) is 5.38. The summed E-state index contributed by atoms with van der Waals surface area (Å²) in [5.41, 5.74) is 0. The molecular weight excluding hydrogens is 314 g/mol. The summed E-state index contributed by atoms with van der Waals surface area (Å²) >= 11 is 0. The summed E-state index contributed by atoms with van der Waals surface area (Å²) < 4.78 is 0. The number of aromatic nitrogens is 2. The fraction of sp³-hybridized carbons (Fsp3) is 0.737. The summed E-state index contributed by atoms with van der Waals surface area (Å²) in [6.07, 6.45) is 10.5. The largest absolute Gasteiger partial charge is 0.352 e. The molecule has 1 aliphatic carbocycles. The average molecular weight is 345 g/mol. The highest BCUT2D eigenvalue weighted by Crippen LogP contribution is 2.28. The first kappa shape index (κ1) is 18.0. The lowest BCUT2D eigenvalue weighted by Gasteiger charge is -2.36. The van der Waals surface area contributed by atoms with Crippen molar-refractivity contribution < 1.29 is 4.79 Å². The van der Waals surface area contributed by atoms with E-state index in [-0.39, 0.29) is 6.03 Å². The summed E-state index contributed by atoms with van der Waals surface area (Å²) in [6, 6.07) is 4.34. The number of unbranched alkanes of at least 4 members (excludes halogenated alkanes) is 1. The van der Waals surface area contributed by atoms with E-state index >= 15 is 0 Å². The predicted molar refractivity (Wildman–Crippen MR) is 99.6 cm³/mol. The van der Waals surface area contributed by atoms with Gasteiger partial charge in [-0.1, -0.05) is 26.2 Å². The number of rotatable bonds is 5. The zero-order valence-corrected chi connectivity index (χ0v) is 15.4. The fourth-order valence-corrected chi connectivity index (χ4v) is 3.95. The van der Waals surface area contributed by atoms with E-state index in [1.165, 1.54) is 32.1 Å². The van der Waals surface area contributed by atoms with E-state index in [1.807, 2.05) is 17.0 Å². The third kappa shape index (κ3) is 5.06. The second-order valence-corrected chi connectivity index (χ2v) is 7.37. The zero-order chi connectivity index (χ0) is 17.5. The van der Waals surface area contributed by atoms with Crippen LogP contribution < -0.4 is 10.2 Å². The molecule has 3 rings (SSSR count). The SMILES string of the molecule is CCCCC1CCC(NC(=O)N2CCN(c3cccnn3)CC2)CC1. The van der Waals surface area contributed by atoms with E-state index in [4.69, 9.17) is 0 Å². The molecule has 1 saturated carbocycles. The van der Waals surface area contributed by atoms with E-state index in [0.29, 0.717) is 6.04 Å². The van der Waals surface area contributed by atoms with Gasteiger partial charge in [-0.25, -0.2) is 4.79 Å². The number of piperazine rings is 1. The Labute approximate surface area is 151 Å². The number of hydrogen-bond acceptors (Lipinski definition) is 4. The van der Waals surface area contributed by atoms with Crippen LogP contribution in [0.5, 0.6) is 0 Å². The van der Waals surface area contributed by atoms with Crippen LogP contribution in [0, 0.1) is 5.92 Å². The molecule has 0 atom stereocenters. The maximum Gasteiger partial charge on any atom is 0.317 e. The van der Waals surface area contributed by atoms with E-state index in [9.17, 15) is 4.79 Å². The van der Waals surface area contributed by atoms with Gasteiger partial charge in [0.15, 0.2) is 5.82 Å². The van der Waals surface area contributed by atoms with Gasteiger partial charge in [0.25, 0.3) is 0 Å². The Bertz CT molecular complexity index is 522. The van der Waals surface area contributed by atoms with Gasteiger partial charge in [0.05, 0.1) is 0 Å². The van der Waals surface area contributed by atoms with Gasteiger partial charge in [-0.05, 0) is 43.7 Å². The predicted octanol–water partition coefficient (Wildman–Crippen LogP) is 3.06. The molecule has 0 spiro atoms. The molecule has 6 heteroatoms. The molecule has 0 aromatic carbocycles. The topological polar surface area (TPSA) is 61.4 Å². The van der Waals surface area contributed by atoms with Crippen LogP contribution in [0.3, 0.4) is 0 Å². The highest BCUT2D eigenvalue weighted by atomic mass is 16.2. The van der Waals surface area contributed by atoms with Crippen molar-refractivity contribution in [3.8, 4) is 0 Å². The monoisotopic (exact) mass is 345 g/mol. The van der Waals surface area contributed by atoms with Crippen molar-refractivity contribution in [1.29, 1.82) is 0 Å². The Morgan fingerprint density at radius 3 is 2.60 bits per heavy atom. The van der Waals surface area contributed by atoms with Crippen LogP contribution in [0.2, 0.25) is 0 Å². The molecule has 1 aliphatic heterocycles. The molecule has 1 N–H and O–H groups in total. The standard InChI is InChI=1S/C19H31N5O/c1-2-3-5-16-7-9-17(10-8-16)21-19(25)24-14-12-23(13-15-24)18-6-4-11-20-22-18/h4,6,11,16-17H,2-3,5,7-10,12-15H2,1H3,(H,21,25). The quantitative estimate of drug-likeness (QED) is 0.891. The lowest BCUT2D eigenvalue weighted by molar-refractivity contribution is 0.182. The third-order valence-corrected chi connectivity index (χ3v) is 5.59. The van der Waals surface area contributed by atoms with Crippen molar-refractivity contribution in [1.82, 2.24) is 20.4 Å². The maximum absolute atomic E-state index is 12.5. The minimum atomic E-state index is 0.107. The second-order valence-electron chi connectivity index (χ2n) is 7.37. The lowest BCUT2D eigenvalue weighted by atomic mass is 9.83. The summed E-state index contributed by atoms with van der Waals surface area (Å²) in [4.78, 5) is 16.7. The number of carbonyl (C=O) groups is 1. The number of amides is 2. The summed E-state index contributed by atoms with van der Waals surface area (Å²) in [5.74, 6) is 1.77. The molecule has 1 saturated heterocycles. The number of nitrogens with zero attached hydrogens (tertiary/aromatic N) is 4. The molecule has 0 unspecified atom stereocenters. The number of hydrogen-bond donors (Lipinski definition) is 1. The van der Waals surface area contributed by atoms with Gasteiger partial charge >= 0.3 is 6.03 Å². The van der Waals surface area contributed by atoms with E-state index in [0.717, 1.165) is 50.8 Å². The van der Waals surface area contributed by atoms with E-state index in [2.05, 4.69) is 27.3 Å². The molecule has 2 amide bonds. The van der Waals surface area contributed by atoms with Crippen LogP contribution in [0.25, 0.3) is 0 Å². The molecule has 2 heterocycles. The van der Waals surface area contributed by atoms with Crippen LogP contribution in [-0.4, -0.2) is 53.3 Å². The van der Waals surface area contributed by atoms with Crippen LogP contribution >= 0.6 is 0 Å². The fourth-order valence-electron chi connectivity index (χ4n) is 3.95. The first-order chi connectivity index (χ1) is 12.3. The van der Waals surface area contributed by atoms with Gasteiger partial charge < -0.3 is 15.1 Å². The van der Waals surface area contributed by atoms with E-state index in [1.54, 1.807) is 6.20 Å². The van der Waals surface area contributed by atoms with Crippen molar-refractivity contribution in [3.63, 3.8) is 0 Å². The van der Waals surface area contributed by atoms with Gasteiger partial charge in [-0.2, -0.15) is 5.10 Å². The van der Waals surface area contributed by atoms with E-state index < -0.39 is 0 Å². The van der Waals surface area contributed by atoms with Crippen LogP contribution in [0.4, 0.5) is 10.6 Å². The minimum absolute atomic E-state index is 0.107. The van der Waals surface area contributed by atoms with Crippen LogP contribution in [0.1, 0.15) is 51.9 Å². The Morgan fingerprint density at radius 2 is 1.96 bits per heavy atom. The van der Waals surface area contributed by atoms with Crippen molar-refractivity contribution in [3.05, 3.63) is 18.3 Å². The van der Waals surface area contributed by atoms with Gasteiger partial charge in [0, 0.05) is 38.4 Å². The maximum atomic E-state index is 12.5. The number of carbonyl (C=O) groups excluding carboxylic acids is 1. The van der Waals surface area contributed by atoms with Crippen LogP contribution in [-0.2, 0) is 0 Å². The van der Waals surface area contributed by atoms with Crippen LogP contribution in [0.15, 0.2) is 18.3 Å². The lowest BCUT2D eigenvalue weighted by Crippen LogP contribution is -2.54. The Balaban J connectivity index is 1.39. The first-order valence-corrected chi connectivity index (χ1v) is 9.84. The highest BCUT2D eigenvalue weighted by molar-refractivity contribution is 5.74. The van der Waals surface area contributed by atoms with Crippen molar-refractivity contribution in [2.75, 3.05) is 31.1 Å². The summed E-state index contributed by atoms with van der Waals surface area (Å²) in [7, 11) is 0. The third-order valence-electron chi connectivity index (χ3n) is 5.59. The van der Waals surface area contributed by atoms with Crippen molar-refractivity contribution in [2.45, 2.75) is 57.9 Å². The molecule has 1 aromatic rings. The Hall–Kier alpha value is -1.85. The number of urea groups is 1. The van der Waals surface area contributed by atoms with Gasteiger partial charge in [0.1, 0.15) is 0 Å². The molecular formula is C19H31N5O. The zero-order valence-electron chi connectivity index (χ0n) is 15.4. The Morgan fingerprint density at radius 1 is 1.20 bits per heavy atom. The number of anilines is 1. The molecule has 0 radical (unpaired) electrons. The Kier molecular flexibility index (Phi) is 6.48. The molecule has 0 bridgehead atoms. The first-order valence-electron chi connectivity index (χ1n) is 9.84. The number of nitrogens with one attached hydrogen (secondary N) is 1. The molecule has 1 aromatic heterocycles. The van der Waals surface area contributed by atoms with Crippen molar-refractivity contribution >= 4 is 11.8 Å². The molecule has 138 valence electrons. The molecule has 25 heavy (non-hydrogen) atoms. The van der Waals surface area contributed by atoms with Crippen molar-refractivity contribution in [2.24, 2.45) is 5.92 Å². The van der Waals surface area contributed by atoms with Gasteiger partial charge in [-0.3, -0.25) is 0 Å². The second kappa shape index (κ2) is 9.02. The molecule has 2 aliphatic rings. The molecule has 6 nitrogen and oxygen atoms in total. The smallest absolute Gasteiger partial charge is 0.317 e. The average Bonchev–Trinajstić information content (AvgIpc) is 2.68. The highest BCUT2D eigenvalue weighted by Gasteiger charge is 2.26. The van der Waals surface area contributed by atoms with Gasteiger partial charge in [-0.15, -0.1) is 5.10 Å². The van der Waals surface area contributed by atoms with Gasteiger partial charge in [0.2, 0.25) is 0 Å².